The number of nitrogens with zero attached hydrogens (tertiary/aromatic N) is 1. The maximum absolute atomic E-state index is 11.9. The van der Waals surface area contributed by atoms with Crippen molar-refractivity contribution in [3.8, 4) is 0 Å². The van der Waals surface area contributed by atoms with Crippen molar-refractivity contribution in [2.75, 3.05) is 12.4 Å². The summed E-state index contributed by atoms with van der Waals surface area (Å²) in [5, 5.41) is 5.99. The van der Waals surface area contributed by atoms with Gasteiger partial charge >= 0.3 is 0 Å². The molecule has 2 aromatic rings. The Morgan fingerprint density at radius 3 is 2.68 bits per heavy atom. The van der Waals surface area contributed by atoms with E-state index in [1.807, 2.05) is 12.3 Å². The van der Waals surface area contributed by atoms with Crippen molar-refractivity contribution in [1.29, 1.82) is 0 Å². The molecule has 2 rings (SSSR count). The Morgan fingerprint density at radius 1 is 1.32 bits per heavy atom. The van der Waals surface area contributed by atoms with E-state index in [-0.39, 0.29) is 10.9 Å². The first-order valence-electron chi connectivity index (χ1n) is 5.73. The van der Waals surface area contributed by atoms with E-state index in [2.05, 4.69) is 15.0 Å². The summed E-state index contributed by atoms with van der Waals surface area (Å²) < 4.78 is 26.2. The Labute approximate surface area is 116 Å². The minimum atomic E-state index is -3.47. The molecule has 1 atom stereocenters. The van der Waals surface area contributed by atoms with Crippen LogP contribution in [0.3, 0.4) is 0 Å². The van der Waals surface area contributed by atoms with E-state index in [1.54, 1.807) is 30.5 Å². The average molecular weight is 297 g/mol. The smallest absolute Gasteiger partial charge is 0.242 e. The Bertz CT molecular complexity index is 639. The van der Waals surface area contributed by atoms with Crippen molar-refractivity contribution in [1.82, 2.24) is 9.71 Å². The van der Waals surface area contributed by atoms with Crippen molar-refractivity contribution in [2.45, 2.75) is 17.9 Å². The minimum Gasteiger partial charge on any atom is -0.375 e. The highest BCUT2D eigenvalue weighted by molar-refractivity contribution is 7.89. The zero-order valence-corrected chi connectivity index (χ0v) is 12.3. The van der Waals surface area contributed by atoms with Gasteiger partial charge in [0.05, 0.1) is 11.7 Å². The number of sulfonamides is 1. The van der Waals surface area contributed by atoms with Gasteiger partial charge in [-0.2, -0.15) is 0 Å². The van der Waals surface area contributed by atoms with Crippen LogP contribution in [0.2, 0.25) is 0 Å². The third-order valence-electron chi connectivity index (χ3n) is 2.64. The van der Waals surface area contributed by atoms with Gasteiger partial charge in [-0.15, -0.1) is 11.3 Å². The first-order valence-corrected chi connectivity index (χ1v) is 8.09. The van der Waals surface area contributed by atoms with Crippen molar-refractivity contribution >= 4 is 27.0 Å². The highest BCUT2D eigenvalue weighted by Gasteiger charge is 2.18. The predicted octanol–water partition coefficient (Wildman–Crippen LogP) is 2.22. The molecule has 0 bridgehead atoms. The van der Waals surface area contributed by atoms with Crippen LogP contribution >= 0.6 is 11.3 Å². The molecule has 5 nitrogen and oxygen atoms in total. The molecule has 19 heavy (non-hydrogen) atoms. The van der Waals surface area contributed by atoms with Gasteiger partial charge in [0.1, 0.15) is 9.90 Å². The largest absolute Gasteiger partial charge is 0.375 e. The fourth-order valence-corrected chi connectivity index (χ4v) is 3.21. The number of nitrogens with one attached hydrogen (secondary N) is 2. The first kappa shape index (κ1) is 14.0. The molecule has 1 aromatic carbocycles. The molecule has 0 aliphatic carbocycles. The van der Waals surface area contributed by atoms with Crippen molar-refractivity contribution in [3.05, 3.63) is 40.8 Å². The highest BCUT2D eigenvalue weighted by Crippen LogP contribution is 2.26. The molecule has 1 aromatic heterocycles. The van der Waals surface area contributed by atoms with E-state index in [1.165, 1.54) is 18.4 Å². The second-order valence-corrected chi connectivity index (χ2v) is 6.72. The lowest BCUT2D eigenvalue weighted by Crippen LogP contribution is -2.20. The number of rotatable bonds is 5. The number of para-hydroxylation sites is 1. The summed E-state index contributed by atoms with van der Waals surface area (Å²) in [7, 11) is -2.07. The monoisotopic (exact) mass is 297 g/mol. The fraction of sp³-hybridized carbons (Fsp3) is 0.250. The van der Waals surface area contributed by atoms with Crippen LogP contribution in [0.4, 0.5) is 5.69 Å². The van der Waals surface area contributed by atoms with Crippen LogP contribution in [-0.4, -0.2) is 20.4 Å². The number of hydrogen-bond acceptors (Lipinski definition) is 5. The van der Waals surface area contributed by atoms with E-state index in [4.69, 9.17) is 0 Å². The Kier molecular flexibility index (Phi) is 4.18. The van der Waals surface area contributed by atoms with Crippen molar-refractivity contribution in [2.24, 2.45) is 0 Å². The molecule has 0 aliphatic heterocycles. The topological polar surface area (TPSA) is 71.1 Å². The van der Waals surface area contributed by atoms with E-state index in [9.17, 15) is 8.42 Å². The summed E-state index contributed by atoms with van der Waals surface area (Å²) in [5.74, 6) is 0. The molecule has 102 valence electrons. The lowest BCUT2D eigenvalue weighted by atomic mass is 10.2. The second kappa shape index (κ2) is 5.68. The number of hydrogen-bond donors (Lipinski definition) is 2. The van der Waals surface area contributed by atoms with Gasteiger partial charge in [-0.05, 0) is 26.1 Å². The van der Waals surface area contributed by atoms with Gasteiger partial charge < -0.3 is 5.32 Å². The van der Waals surface area contributed by atoms with Crippen LogP contribution in [0.5, 0.6) is 0 Å². The minimum absolute atomic E-state index is 0.0480. The van der Waals surface area contributed by atoms with Crippen LogP contribution in [0.25, 0.3) is 0 Å². The second-order valence-electron chi connectivity index (χ2n) is 3.94. The summed E-state index contributed by atoms with van der Waals surface area (Å²) in [5.41, 5.74) is 0.569. The number of thiazole rings is 1. The van der Waals surface area contributed by atoms with Gasteiger partial charge in [0, 0.05) is 11.6 Å². The average Bonchev–Trinajstić information content (AvgIpc) is 2.93. The fourth-order valence-electron chi connectivity index (χ4n) is 1.67. The van der Waals surface area contributed by atoms with Crippen LogP contribution < -0.4 is 10.0 Å². The van der Waals surface area contributed by atoms with Crippen LogP contribution in [0.1, 0.15) is 18.0 Å². The van der Waals surface area contributed by atoms with Gasteiger partial charge in [-0.25, -0.2) is 18.1 Å². The molecule has 0 saturated heterocycles. The molecule has 0 spiro atoms. The summed E-state index contributed by atoms with van der Waals surface area (Å²) in [6.07, 6.45) is 1.73. The molecule has 0 fully saturated rings. The summed E-state index contributed by atoms with van der Waals surface area (Å²) in [6.45, 7) is 1.95. The van der Waals surface area contributed by atoms with Gasteiger partial charge in [0.15, 0.2) is 0 Å². The number of benzene rings is 1. The molecular formula is C12H15N3O2S2. The lowest BCUT2D eigenvalue weighted by Gasteiger charge is -2.16. The van der Waals surface area contributed by atoms with Crippen LogP contribution in [-0.2, 0) is 10.0 Å². The Hall–Kier alpha value is -1.44. The maximum atomic E-state index is 11.9. The SMILES string of the molecule is CNS(=O)(=O)c1ccccc1NC(C)c1nccs1. The quantitative estimate of drug-likeness (QED) is 0.888. The first-order chi connectivity index (χ1) is 9.04. The normalized spacial score (nSPS) is 13.2. The van der Waals surface area contributed by atoms with E-state index in [0.29, 0.717) is 5.69 Å². The zero-order chi connectivity index (χ0) is 13.9. The van der Waals surface area contributed by atoms with Crippen LogP contribution in [0, 0.1) is 0 Å². The lowest BCUT2D eigenvalue weighted by molar-refractivity contribution is 0.588. The molecule has 1 heterocycles. The van der Waals surface area contributed by atoms with Crippen molar-refractivity contribution in [3.63, 3.8) is 0 Å². The standard InChI is InChI=1S/C12H15N3O2S2/c1-9(12-14-7-8-18-12)15-10-5-3-4-6-11(10)19(16,17)13-2/h3-9,13,15H,1-2H3. The molecule has 0 radical (unpaired) electrons. The van der Waals surface area contributed by atoms with Crippen molar-refractivity contribution < 1.29 is 8.42 Å². The van der Waals surface area contributed by atoms with Gasteiger partial charge in [0.2, 0.25) is 10.0 Å². The molecule has 1 unspecified atom stereocenters. The Morgan fingerprint density at radius 2 is 2.05 bits per heavy atom. The molecule has 2 N–H and O–H groups in total. The number of anilines is 1. The molecular weight excluding hydrogens is 282 g/mol. The molecule has 0 saturated carbocycles. The van der Waals surface area contributed by atoms with Gasteiger partial charge in [-0.3, -0.25) is 0 Å². The zero-order valence-electron chi connectivity index (χ0n) is 10.6. The van der Waals surface area contributed by atoms with Crippen LogP contribution in [0.15, 0.2) is 40.7 Å². The molecule has 0 amide bonds. The predicted molar refractivity (Wildman–Crippen MR) is 76.8 cm³/mol. The Balaban J connectivity index is 2.31. The van der Waals surface area contributed by atoms with E-state index >= 15 is 0 Å². The van der Waals surface area contributed by atoms with Gasteiger partial charge in [-0.1, -0.05) is 12.1 Å². The summed E-state index contributed by atoms with van der Waals surface area (Å²) in [6, 6.07) is 6.76. The summed E-state index contributed by atoms with van der Waals surface area (Å²) in [4.78, 5) is 4.45. The molecule has 7 heteroatoms. The van der Waals surface area contributed by atoms with E-state index in [0.717, 1.165) is 5.01 Å². The van der Waals surface area contributed by atoms with Gasteiger partial charge in [0.25, 0.3) is 0 Å². The highest BCUT2D eigenvalue weighted by atomic mass is 32.2. The summed E-state index contributed by atoms with van der Waals surface area (Å²) >= 11 is 1.53. The number of aromatic nitrogens is 1. The third-order valence-corrected chi connectivity index (χ3v) is 5.07. The maximum Gasteiger partial charge on any atom is 0.242 e. The van der Waals surface area contributed by atoms with E-state index < -0.39 is 10.0 Å². The third kappa shape index (κ3) is 3.12. The molecule has 0 aliphatic rings.